The van der Waals surface area contributed by atoms with Gasteiger partial charge < -0.3 is 11.1 Å². The lowest BCUT2D eigenvalue weighted by Crippen LogP contribution is -2.47. The zero-order valence-electron chi connectivity index (χ0n) is 10.7. The van der Waals surface area contributed by atoms with Crippen LogP contribution >= 0.6 is 22.6 Å². The fourth-order valence-electron chi connectivity index (χ4n) is 1.46. The van der Waals surface area contributed by atoms with Crippen LogP contribution in [0.5, 0.6) is 0 Å². The highest BCUT2D eigenvalue weighted by atomic mass is 127. The number of halogens is 1. The Labute approximate surface area is 120 Å². The highest BCUT2D eigenvalue weighted by Gasteiger charge is 2.27. The van der Waals surface area contributed by atoms with Crippen molar-refractivity contribution in [3.63, 3.8) is 0 Å². The van der Waals surface area contributed by atoms with Gasteiger partial charge in [-0.15, -0.1) is 0 Å². The second kappa shape index (κ2) is 5.83. The SMILES string of the molecule is CC(C)C(C)(CN)Nc1ccc([N+](=O)[O-])cc1I. The highest BCUT2D eigenvalue weighted by molar-refractivity contribution is 14.1. The third kappa shape index (κ3) is 3.32. The molecule has 1 unspecified atom stereocenters. The smallest absolute Gasteiger partial charge is 0.270 e. The van der Waals surface area contributed by atoms with Crippen LogP contribution in [-0.2, 0) is 0 Å². The molecule has 1 rings (SSSR count). The summed E-state index contributed by atoms with van der Waals surface area (Å²) in [5, 5.41) is 14.1. The molecule has 3 N–H and O–H groups in total. The molecule has 0 aliphatic carbocycles. The zero-order valence-corrected chi connectivity index (χ0v) is 12.9. The molecule has 0 fully saturated rings. The first kappa shape index (κ1) is 15.2. The molecule has 0 heterocycles. The normalized spacial score (nSPS) is 14.3. The van der Waals surface area contributed by atoms with E-state index in [0.717, 1.165) is 9.26 Å². The lowest BCUT2D eigenvalue weighted by Gasteiger charge is -2.35. The van der Waals surface area contributed by atoms with E-state index >= 15 is 0 Å². The van der Waals surface area contributed by atoms with E-state index in [-0.39, 0.29) is 11.2 Å². The molecule has 0 amide bonds. The van der Waals surface area contributed by atoms with Crippen molar-refractivity contribution in [3.05, 3.63) is 31.9 Å². The zero-order chi connectivity index (χ0) is 13.9. The van der Waals surface area contributed by atoms with Crippen LogP contribution in [0.3, 0.4) is 0 Å². The number of nitro benzene ring substituents is 1. The fourth-order valence-corrected chi connectivity index (χ4v) is 2.09. The van der Waals surface area contributed by atoms with E-state index < -0.39 is 4.92 Å². The second-order valence-electron chi connectivity index (χ2n) is 4.82. The molecule has 1 aromatic rings. The summed E-state index contributed by atoms with van der Waals surface area (Å²) in [6, 6.07) is 4.79. The van der Waals surface area contributed by atoms with E-state index in [1.165, 1.54) is 6.07 Å². The molecule has 100 valence electrons. The molecule has 0 spiro atoms. The number of nitrogens with zero attached hydrogens (tertiary/aromatic N) is 1. The van der Waals surface area contributed by atoms with Gasteiger partial charge >= 0.3 is 0 Å². The van der Waals surface area contributed by atoms with Gasteiger partial charge in [0.25, 0.3) is 5.69 Å². The van der Waals surface area contributed by atoms with Crippen LogP contribution < -0.4 is 11.1 Å². The summed E-state index contributed by atoms with van der Waals surface area (Å²) in [6.07, 6.45) is 0. The van der Waals surface area contributed by atoms with Crippen molar-refractivity contribution in [3.8, 4) is 0 Å². The third-order valence-corrected chi connectivity index (χ3v) is 4.17. The Morgan fingerprint density at radius 1 is 1.56 bits per heavy atom. The van der Waals surface area contributed by atoms with Crippen LogP contribution in [0, 0.1) is 19.6 Å². The van der Waals surface area contributed by atoms with Crippen LogP contribution in [0.15, 0.2) is 18.2 Å². The molecule has 1 atom stereocenters. The monoisotopic (exact) mass is 363 g/mol. The van der Waals surface area contributed by atoms with Gasteiger partial charge in [-0.05, 0) is 41.5 Å². The molecule has 0 aliphatic heterocycles. The van der Waals surface area contributed by atoms with Gasteiger partial charge in [-0.3, -0.25) is 10.1 Å². The minimum atomic E-state index is -0.392. The molecule has 0 saturated heterocycles. The number of rotatable bonds is 5. The Morgan fingerprint density at radius 3 is 2.56 bits per heavy atom. The second-order valence-corrected chi connectivity index (χ2v) is 5.98. The molecule has 0 aliphatic rings. The summed E-state index contributed by atoms with van der Waals surface area (Å²) in [4.78, 5) is 10.3. The van der Waals surface area contributed by atoms with Gasteiger partial charge in [0.05, 0.1) is 4.92 Å². The Bertz CT molecular complexity index is 451. The Kier molecular flexibility index (Phi) is 4.92. The molecule has 18 heavy (non-hydrogen) atoms. The van der Waals surface area contributed by atoms with Gasteiger partial charge in [0, 0.05) is 33.5 Å². The van der Waals surface area contributed by atoms with Crippen LogP contribution in [0.2, 0.25) is 0 Å². The van der Waals surface area contributed by atoms with Gasteiger partial charge in [0.1, 0.15) is 0 Å². The average Bonchev–Trinajstić information content (AvgIpc) is 2.31. The molecule has 0 radical (unpaired) electrons. The third-order valence-electron chi connectivity index (χ3n) is 3.28. The lowest BCUT2D eigenvalue weighted by atomic mass is 9.88. The molecular weight excluding hydrogens is 345 g/mol. The van der Waals surface area contributed by atoms with E-state index in [0.29, 0.717) is 12.5 Å². The van der Waals surface area contributed by atoms with Crippen LogP contribution in [0.4, 0.5) is 11.4 Å². The first-order valence-corrected chi connectivity index (χ1v) is 6.80. The van der Waals surface area contributed by atoms with E-state index in [1.54, 1.807) is 12.1 Å². The van der Waals surface area contributed by atoms with Crippen molar-refractivity contribution in [1.29, 1.82) is 0 Å². The summed E-state index contributed by atoms with van der Waals surface area (Å²) in [5.41, 5.74) is 6.56. The quantitative estimate of drug-likeness (QED) is 0.479. The van der Waals surface area contributed by atoms with Crippen LogP contribution in [-0.4, -0.2) is 17.0 Å². The van der Waals surface area contributed by atoms with Gasteiger partial charge in [-0.2, -0.15) is 0 Å². The number of nitrogens with one attached hydrogen (secondary N) is 1. The maximum absolute atomic E-state index is 10.7. The predicted octanol–water partition coefficient (Wildman–Crippen LogP) is 2.98. The van der Waals surface area contributed by atoms with Crippen molar-refractivity contribution in [2.24, 2.45) is 11.7 Å². The first-order valence-electron chi connectivity index (χ1n) is 5.72. The number of non-ortho nitro benzene ring substituents is 1. The standard InChI is InChI=1S/C12H18IN3O2/c1-8(2)12(3,7-14)15-11-5-4-9(16(17)18)6-10(11)13/h4-6,8,15H,7,14H2,1-3H3. The molecule has 0 saturated carbocycles. The van der Waals surface area contributed by atoms with Gasteiger partial charge in [-0.25, -0.2) is 0 Å². The van der Waals surface area contributed by atoms with Crippen molar-refractivity contribution < 1.29 is 4.92 Å². The predicted molar refractivity (Wildman–Crippen MR) is 81.7 cm³/mol. The van der Waals surface area contributed by atoms with Crippen molar-refractivity contribution in [2.75, 3.05) is 11.9 Å². The number of anilines is 1. The minimum absolute atomic E-state index is 0.101. The van der Waals surface area contributed by atoms with Crippen LogP contribution in [0.1, 0.15) is 20.8 Å². The number of benzene rings is 1. The largest absolute Gasteiger partial charge is 0.377 e. The van der Waals surface area contributed by atoms with E-state index in [2.05, 4.69) is 48.7 Å². The van der Waals surface area contributed by atoms with Gasteiger partial charge in [-0.1, -0.05) is 13.8 Å². The van der Waals surface area contributed by atoms with Crippen molar-refractivity contribution >= 4 is 34.0 Å². The Balaban J connectivity index is 3.02. The fraction of sp³-hybridized carbons (Fsp3) is 0.500. The number of hydrogen-bond donors (Lipinski definition) is 2. The van der Waals surface area contributed by atoms with E-state index in [9.17, 15) is 10.1 Å². The maximum Gasteiger partial charge on any atom is 0.270 e. The summed E-state index contributed by atoms with van der Waals surface area (Å²) in [5.74, 6) is 0.355. The van der Waals surface area contributed by atoms with E-state index in [1.807, 2.05) is 0 Å². The average molecular weight is 363 g/mol. The number of nitrogens with two attached hydrogens (primary N) is 1. The summed E-state index contributed by atoms with van der Waals surface area (Å²) < 4.78 is 0.821. The Morgan fingerprint density at radius 2 is 2.17 bits per heavy atom. The molecule has 5 nitrogen and oxygen atoms in total. The first-order chi connectivity index (χ1) is 8.30. The minimum Gasteiger partial charge on any atom is -0.377 e. The number of hydrogen-bond acceptors (Lipinski definition) is 4. The Hall–Kier alpha value is -0.890. The van der Waals surface area contributed by atoms with Crippen LogP contribution in [0.25, 0.3) is 0 Å². The summed E-state index contributed by atoms with van der Waals surface area (Å²) in [6.45, 7) is 6.74. The molecule has 6 heteroatoms. The highest BCUT2D eigenvalue weighted by Crippen LogP contribution is 2.28. The van der Waals surface area contributed by atoms with Crippen molar-refractivity contribution in [1.82, 2.24) is 0 Å². The van der Waals surface area contributed by atoms with Crippen molar-refractivity contribution in [2.45, 2.75) is 26.3 Å². The van der Waals surface area contributed by atoms with E-state index in [4.69, 9.17) is 5.73 Å². The van der Waals surface area contributed by atoms with Gasteiger partial charge in [0.2, 0.25) is 0 Å². The summed E-state index contributed by atoms with van der Waals surface area (Å²) >= 11 is 2.09. The van der Waals surface area contributed by atoms with Gasteiger partial charge in [0.15, 0.2) is 0 Å². The topological polar surface area (TPSA) is 81.2 Å². The number of nitro groups is 1. The molecule has 1 aromatic carbocycles. The molecule has 0 bridgehead atoms. The maximum atomic E-state index is 10.7. The lowest BCUT2D eigenvalue weighted by molar-refractivity contribution is -0.384. The molecule has 0 aromatic heterocycles. The molecular formula is C12H18IN3O2. The summed E-state index contributed by atoms with van der Waals surface area (Å²) in [7, 11) is 0.